The van der Waals surface area contributed by atoms with Crippen LogP contribution in [0.2, 0.25) is 5.02 Å². The number of nitrogens with zero attached hydrogens (tertiary/aromatic N) is 2. The molecule has 0 radical (unpaired) electrons. The first-order chi connectivity index (χ1) is 13.5. The number of halogens is 1. The molecule has 3 rings (SSSR count). The van der Waals surface area contributed by atoms with Crippen LogP contribution in [0.3, 0.4) is 0 Å². The molecule has 2 aromatic carbocycles. The molecule has 28 heavy (non-hydrogen) atoms. The zero-order chi connectivity index (χ0) is 19.9. The van der Waals surface area contributed by atoms with Crippen molar-refractivity contribution in [1.82, 2.24) is 9.80 Å². The van der Waals surface area contributed by atoms with Gasteiger partial charge in [-0.25, -0.2) is 0 Å². The number of nitrogens with one attached hydrogen (secondary N) is 1. The first kappa shape index (κ1) is 20.6. The summed E-state index contributed by atoms with van der Waals surface area (Å²) in [4.78, 5) is 17.1. The van der Waals surface area contributed by atoms with E-state index in [1.807, 2.05) is 19.1 Å². The van der Waals surface area contributed by atoms with E-state index in [4.69, 9.17) is 16.3 Å². The van der Waals surface area contributed by atoms with E-state index >= 15 is 0 Å². The largest absolute Gasteiger partial charge is 0.495 e. The smallest absolute Gasteiger partial charge is 0.238 e. The number of carbonyl (C=O) groups excluding carboxylic acids is 1. The number of ether oxygens (including phenoxy) is 1. The van der Waals surface area contributed by atoms with Crippen LogP contribution in [0.25, 0.3) is 0 Å². The normalized spacial score (nSPS) is 15.4. The molecule has 0 saturated carbocycles. The van der Waals surface area contributed by atoms with E-state index in [1.165, 1.54) is 5.56 Å². The van der Waals surface area contributed by atoms with Crippen LogP contribution in [0.5, 0.6) is 5.75 Å². The Kier molecular flexibility index (Phi) is 7.31. The third-order valence-electron chi connectivity index (χ3n) is 5.15. The van der Waals surface area contributed by atoms with E-state index < -0.39 is 0 Å². The first-order valence-corrected chi connectivity index (χ1v) is 10.1. The molecule has 150 valence electrons. The number of piperazine rings is 1. The number of benzene rings is 2. The topological polar surface area (TPSA) is 44.8 Å². The van der Waals surface area contributed by atoms with Gasteiger partial charge in [-0.2, -0.15) is 0 Å². The molecule has 0 aromatic heterocycles. The number of hydrogen-bond acceptors (Lipinski definition) is 4. The Balaban J connectivity index is 1.44. The lowest BCUT2D eigenvalue weighted by molar-refractivity contribution is -0.117. The SMILES string of the molecule is COc1cc(Cl)c(C)cc1NC(=O)CN1CCN(CCc2ccccc2)CC1. The fourth-order valence-corrected chi connectivity index (χ4v) is 3.58. The second kappa shape index (κ2) is 9.92. The maximum absolute atomic E-state index is 12.5. The molecule has 1 fully saturated rings. The van der Waals surface area contributed by atoms with Gasteiger partial charge in [0.25, 0.3) is 0 Å². The summed E-state index contributed by atoms with van der Waals surface area (Å²) in [5.41, 5.74) is 2.94. The minimum Gasteiger partial charge on any atom is -0.495 e. The van der Waals surface area contributed by atoms with Crippen LogP contribution >= 0.6 is 11.6 Å². The Bertz CT molecular complexity index is 790. The molecule has 1 amide bonds. The highest BCUT2D eigenvalue weighted by Gasteiger charge is 2.19. The van der Waals surface area contributed by atoms with Gasteiger partial charge in [-0.1, -0.05) is 41.9 Å². The zero-order valence-electron chi connectivity index (χ0n) is 16.6. The van der Waals surface area contributed by atoms with Crippen molar-refractivity contribution in [3.05, 3.63) is 58.6 Å². The molecule has 0 aliphatic carbocycles. The summed E-state index contributed by atoms with van der Waals surface area (Å²) < 4.78 is 5.33. The predicted octanol–water partition coefficient (Wildman–Crippen LogP) is 3.46. The molecule has 0 spiro atoms. The Morgan fingerprint density at radius 3 is 2.46 bits per heavy atom. The average Bonchev–Trinajstić information content (AvgIpc) is 2.71. The van der Waals surface area contributed by atoms with E-state index in [9.17, 15) is 4.79 Å². The summed E-state index contributed by atoms with van der Waals surface area (Å²) in [7, 11) is 1.57. The summed E-state index contributed by atoms with van der Waals surface area (Å²) in [6.45, 7) is 7.14. The van der Waals surface area contributed by atoms with Crippen LogP contribution in [0.15, 0.2) is 42.5 Å². The number of anilines is 1. The molecule has 1 saturated heterocycles. The van der Waals surface area contributed by atoms with Crippen LogP contribution in [-0.4, -0.2) is 62.1 Å². The maximum atomic E-state index is 12.5. The molecular weight excluding hydrogens is 374 g/mol. The molecule has 0 unspecified atom stereocenters. The molecule has 6 heteroatoms. The zero-order valence-corrected chi connectivity index (χ0v) is 17.3. The molecule has 5 nitrogen and oxygen atoms in total. The van der Waals surface area contributed by atoms with Gasteiger partial charge in [0, 0.05) is 43.8 Å². The summed E-state index contributed by atoms with van der Waals surface area (Å²) in [6.07, 6.45) is 1.07. The van der Waals surface area contributed by atoms with Crippen LogP contribution in [0.4, 0.5) is 5.69 Å². The number of carbonyl (C=O) groups is 1. The summed E-state index contributed by atoms with van der Waals surface area (Å²) in [5, 5.41) is 3.58. The fourth-order valence-electron chi connectivity index (χ4n) is 3.43. The van der Waals surface area contributed by atoms with Crippen LogP contribution in [0.1, 0.15) is 11.1 Å². The Morgan fingerprint density at radius 2 is 1.79 bits per heavy atom. The number of hydrogen-bond donors (Lipinski definition) is 1. The first-order valence-electron chi connectivity index (χ1n) is 9.68. The predicted molar refractivity (Wildman–Crippen MR) is 114 cm³/mol. The number of amides is 1. The van der Waals surface area contributed by atoms with Crippen molar-refractivity contribution >= 4 is 23.2 Å². The molecule has 0 bridgehead atoms. The Labute approximate surface area is 172 Å². The van der Waals surface area contributed by atoms with Gasteiger partial charge in [-0.05, 0) is 30.5 Å². The lowest BCUT2D eigenvalue weighted by atomic mass is 10.1. The third-order valence-corrected chi connectivity index (χ3v) is 5.55. The molecule has 1 aliphatic heterocycles. The highest BCUT2D eigenvalue weighted by molar-refractivity contribution is 6.31. The lowest BCUT2D eigenvalue weighted by Crippen LogP contribution is -2.49. The van der Waals surface area contributed by atoms with E-state index in [0.717, 1.165) is 44.7 Å². The molecule has 0 atom stereocenters. The number of rotatable bonds is 7. The number of methoxy groups -OCH3 is 1. The van der Waals surface area contributed by atoms with Gasteiger partial charge < -0.3 is 15.0 Å². The standard InChI is InChI=1S/C22H28ClN3O2/c1-17-14-20(21(28-2)15-19(17)23)24-22(27)16-26-12-10-25(11-13-26)9-8-18-6-4-3-5-7-18/h3-7,14-15H,8-13,16H2,1-2H3,(H,24,27). The van der Waals surface area contributed by atoms with Crippen molar-refractivity contribution in [2.75, 3.05) is 51.7 Å². The van der Waals surface area contributed by atoms with Crippen molar-refractivity contribution in [3.8, 4) is 5.75 Å². The van der Waals surface area contributed by atoms with Gasteiger partial charge in [-0.3, -0.25) is 9.69 Å². The summed E-state index contributed by atoms with van der Waals surface area (Å²) in [6, 6.07) is 14.2. The van der Waals surface area contributed by atoms with Gasteiger partial charge in [-0.15, -0.1) is 0 Å². The summed E-state index contributed by atoms with van der Waals surface area (Å²) in [5.74, 6) is 0.549. The van der Waals surface area contributed by atoms with Gasteiger partial charge in [0.2, 0.25) is 5.91 Å². The van der Waals surface area contributed by atoms with E-state index in [0.29, 0.717) is 23.0 Å². The van der Waals surface area contributed by atoms with E-state index in [1.54, 1.807) is 13.2 Å². The Hall–Kier alpha value is -2.08. The van der Waals surface area contributed by atoms with E-state index in [2.05, 4.69) is 39.4 Å². The minimum absolute atomic E-state index is 0.0299. The highest BCUT2D eigenvalue weighted by Crippen LogP contribution is 2.30. The van der Waals surface area contributed by atoms with Crippen molar-refractivity contribution in [2.45, 2.75) is 13.3 Å². The second-order valence-corrected chi connectivity index (χ2v) is 7.61. The fraction of sp³-hybridized carbons (Fsp3) is 0.409. The molecule has 1 aliphatic rings. The molecular formula is C22H28ClN3O2. The van der Waals surface area contributed by atoms with Gasteiger partial charge in [0.15, 0.2) is 0 Å². The van der Waals surface area contributed by atoms with Crippen molar-refractivity contribution in [2.24, 2.45) is 0 Å². The highest BCUT2D eigenvalue weighted by atomic mass is 35.5. The van der Waals surface area contributed by atoms with Crippen LogP contribution in [0, 0.1) is 6.92 Å². The van der Waals surface area contributed by atoms with Gasteiger partial charge in [0.1, 0.15) is 5.75 Å². The van der Waals surface area contributed by atoms with Crippen molar-refractivity contribution < 1.29 is 9.53 Å². The average molecular weight is 402 g/mol. The molecule has 1 heterocycles. The lowest BCUT2D eigenvalue weighted by Gasteiger charge is -2.34. The third kappa shape index (κ3) is 5.71. The number of aryl methyl sites for hydroxylation is 1. The quantitative estimate of drug-likeness (QED) is 0.771. The van der Waals surface area contributed by atoms with Crippen LogP contribution in [-0.2, 0) is 11.2 Å². The Morgan fingerprint density at radius 1 is 1.11 bits per heavy atom. The maximum Gasteiger partial charge on any atom is 0.238 e. The van der Waals surface area contributed by atoms with Gasteiger partial charge >= 0.3 is 0 Å². The van der Waals surface area contributed by atoms with E-state index in [-0.39, 0.29) is 5.91 Å². The minimum atomic E-state index is -0.0299. The second-order valence-electron chi connectivity index (χ2n) is 7.20. The van der Waals surface area contributed by atoms with Crippen LogP contribution < -0.4 is 10.1 Å². The van der Waals surface area contributed by atoms with Crippen molar-refractivity contribution in [3.63, 3.8) is 0 Å². The van der Waals surface area contributed by atoms with Gasteiger partial charge in [0.05, 0.1) is 19.3 Å². The van der Waals surface area contributed by atoms with Crippen molar-refractivity contribution in [1.29, 1.82) is 0 Å². The summed E-state index contributed by atoms with van der Waals surface area (Å²) >= 11 is 6.13. The molecule has 1 N–H and O–H groups in total. The molecule has 2 aromatic rings. The monoisotopic (exact) mass is 401 g/mol.